The number of piperidine rings is 1. The monoisotopic (exact) mass is 255 g/mol. The first kappa shape index (κ1) is 15.4. The van der Waals surface area contributed by atoms with Gasteiger partial charge in [0.05, 0.1) is 5.92 Å². The maximum absolute atomic E-state index is 12.6. The molecule has 0 radical (unpaired) electrons. The van der Waals surface area contributed by atoms with Crippen molar-refractivity contribution >= 4 is 5.91 Å². The molecule has 0 aromatic carbocycles. The van der Waals surface area contributed by atoms with E-state index in [9.17, 15) is 4.79 Å². The van der Waals surface area contributed by atoms with Gasteiger partial charge in [-0.3, -0.25) is 4.79 Å². The molecular formula is C14H29N3O. The van der Waals surface area contributed by atoms with E-state index in [-0.39, 0.29) is 5.92 Å². The second-order valence-corrected chi connectivity index (χ2v) is 5.62. The Labute approximate surface area is 112 Å². The van der Waals surface area contributed by atoms with Crippen molar-refractivity contribution in [3.63, 3.8) is 0 Å². The molecule has 106 valence electrons. The zero-order valence-corrected chi connectivity index (χ0v) is 12.4. The van der Waals surface area contributed by atoms with Crippen molar-refractivity contribution in [1.82, 2.24) is 15.1 Å². The third kappa shape index (κ3) is 4.58. The summed E-state index contributed by atoms with van der Waals surface area (Å²) in [5.74, 6) is 0.519. The Morgan fingerprint density at radius 3 is 2.56 bits per heavy atom. The third-order valence-corrected chi connectivity index (χ3v) is 3.70. The molecule has 1 heterocycles. The van der Waals surface area contributed by atoms with Gasteiger partial charge in [-0.2, -0.15) is 0 Å². The number of carbonyl (C=O) groups is 1. The number of amides is 1. The molecule has 0 saturated carbocycles. The number of carbonyl (C=O) groups excluding carboxylic acids is 1. The average molecular weight is 255 g/mol. The van der Waals surface area contributed by atoms with E-state index in [4.69, 9.17) is 0 Å². The highest BCUT2D eigenvalue weighted by Crippen LogP contribution is 2.19. The van der Waals surface area contributed by atoms with E-state index in [2.05, 4.69) is 38.2 Å². The quantitative estimate of drug-likeness (QED) is 0.774. The van der Waals surface area contributed by atoms with Crippen LogP contribution in [0.3, 0.4) is 0 Å². The van der Waals surface area contributed by atoms with Crippen LogP contribution >= 0.6 is 0 Å². The molecule has 1 amide bonds. The van der Waals surface area contributed by atoms with Gasteiger partial charge in [0, 0.05) is 25.7 Å². The molecule has 0 aliphatic carbocycles. The zero-order valence-electron chi connectivity index (χ0n) is 12.4. The molecule has 1 rings (SSSR count). The van der Waals surface area contributed by atoms with Gasteiger partial charge in [0.15, 0.2) is 0 Å². The molecule has 1 N–H and O–H groups in total. The van der Waals surface area contributed by atoms with E-state index in [1.165, 1.54) is 0 Å². The topological polar surface area (TPSA) is 35.6 Å². The van der Waals surface area contributed by atoms with Crippen LogP contribution < -0.4 is 5.32 Å². The summed E-state index contributed by atoms with van der Waals surface area (Å²) in [6.07, 6.45) is 3.19. The van der Waals surface area contributed by atoms with E-state index in [1.54, 1.807) is 0 Å². The molecule has 2 unspecified atom stereocenters. The fraction of sp³-hybridized carbons (Fsp3) is 0.929. The number of rotatable bonds is 6. The Balaban J connectivity index is 2.56. The third-order valence-electron chi connectivity index (χ3n) is 3.70. The summed E-state index contributed by atoms with van der Waals surface area (Å²) in [6, 6.07) is 0.324. The van der Waals surface area contributed by atoms with E-state index < -0.39 is 0 Å². The molecule has 0 bridgehead atoms. The van der Waals surface area contributed by atoms with Crippen LogP contribution in [0.15, 0.2) is 0 Å². The lowest BCUT2D eigenvalue weighted by molar-refractivity contribution is -0.137. The summed E-state index contributed by atoms with van der Waals surface area (Å²) in [4.78, 5) is 16.8. The first-order chi connectivity index (χ1) is 8.56. The molecule has 2 atom stereocenters. The van der Waals surface area contributed by atoms with Gasteiger partial charge in [-0.05, 0) is 46.8 Å². The van der Waals surface area contributed by atoms with E-state index >= 15 is 0 Å². The van der Waals surface area contributed by atoms with Crippen molar-refractivity contribution in [3.8, 4) is 0 Å². The van der Waals surface area contributed by atoms with E-state index in [0.717, 1.165) is 45.4 Å². The fourth-order valence-corrected chi connectivity index (χ4v) is 2.54. The summed E-state index contributed by atoms with van der Waals surface area (Å²) in [7, 11) is 4.11. The van der Waals surface area contributed by atoms with Crippen LogP contribution in [-0.2, 0) is 4.79 Å². The number of nitrogens with one attached hydrogen (secondary N) is 1. The maximum atomic E-state index is 12.6. The first-order valence-corrected chi connectivity index (χ1v) is 7.23. The minimum Gasteiger partial charge on any atom is -0.341 e. The lowest BCUT2D eigenvalue weighted by Gasteiger charge is -2.34. The van der Waals surface area contributed by atoms with E-state index in [0.29, 0.717) is 11.9 Å². The highest BCUT2D eigenvalue weighted by molar-refractivity contribution is 5.79. The molecule has 1 aliphatic heterocycles. The molecule has 18 heavy (non-hydrogen) atoms. The molecule has 1 saturated heterocycles. The Hall–Kier alpha value is -0.610. The number of hydrogen-bond acceptors (Lipinski definition) is 3. The molecule has 0 aromatic heterocycles. The van der Waals surface area contributed by atoms with Crippen molar-refractivity contribution in [2.24, 2.45) is 5.92 Å². The Morgan fingerprint density at radius 2 is 2.00 bits per heavy atom. The molecule has 4 heteroatoms. The molecule has 1 fully saturated rings. The number of hydrogen-bond donors (Lipinski definition) is 1. The summed E-state index contributed by atoms with van der Waals surface area (Å²) in [5, 5.41) is 3.42. The van der Waals surface area contributed by atoms with Gasteiger partial charge >= 0.3 is 0 Å². The molecule has 0 aromatic rings. The number of likely N-dealkylation sites (N-methyl/N-ethyl adjacent to an activating group) is 1. The molecule has 4 nitrogen and oxygen atoms in total. The maximum Gasteiger partial charge on any atom is 0.227 e. The standard InChI is InChI=1S/C14H29N3O/c1-5-9-17(11-10-16(3)4)14(18)13-7-6-8-15-12(13)2/h12-13,15H,5-11H2,1-4H3. The molecular weight excluding hydrogens is 226 g/mol. The van der Waals surface area contributed by atoms with Crippen LogP contribution in [0.1, 0.15) is 33.1 Å². The summed E-state index contributed by atoms with van der Waals surface area (Å²) >= 11 is 0. The van der Waals surface area contributed by atoms with Crippen LogP contribution in [0.5, 0.6) is 0 Å². The first-order valence-electron chi connectivity index (χ1n) is 7.23. The van der Waals surface area contributed by atoms with Gasteiger partial charge in [0.1, 0.15) is 0 Å². The zero-order chi connectivity index (χ0) is 13.5. The predicted octanol–water partition coefficient (Wildman–Crippen LogP) is 1.17. The average Bonchev–Trinajstić information content (AvgIpc) is 2.34. The van der Waals surface area contributed by atoms with Crippen LogP contribution in [0.2, 0.25) is 0 Å². The van der Waals surface area contributed by atoms with Crippen LogP contribution in [-0.4, -0.2) is 62.0 Å². The van der Waals surface area contributed by atoms with Gasteiger partial charge in [-0.1, -0.05) is 6.92 Å². The Morgan fingerprint density at radius 1 is 1.28 bits per heavy atom. The lowest BCUT2D eigenvalue weighted by Crippen LogP contribution is -2.49. The summed E-state index contributed by atoms with van der Waals surface area (Å²) in [6.45, 7) is 8.01. The normalized spacial score (nSPS) is 24.3. The minimum atomic E-state index is 0.174. The van der Waals surface area contributed by atoms with Crippen molar-refractivity contribution in [3.05, 3.63) is 0 Å². The molecule has 0 spiro atoms. The fourth-order valence-electron chi connectivity index (χ4n) is 2.54. The van der Waals surface area contributed by atoms with Crippen molar-refractivity contribution < 1.29 is 4.79 Å². The van der Waals surface area contributed by atoms with Gasteiger partial charge in [0.25, 0.3) is 0 Å². The summed E-state index contributed by atoms with van der Waals surface area (Å²) in [5.41, 5.74) is 0. The van der Waals surface area contributed by atoms with Gasteiger partial charge in [-0.15, -0.1) is 0 Å². The highest BCUT2D eigenvalue weighted by Gasteiger charge is 2.30. The van der Waals surface area contributed by atoms with Gasteiger partial charge in [0.2, 0.25) is 5.91 Å². The van der Waals surface area contributed by atoms with Crippen LogP contribution in [0.4, 0.5) is 0 Å². The van der Waals surface area contributed by atoms with Crippen molar-refractivity contribution in [1.29, 1.82) is 0 Å². The summed E-state index contributed by atoms with van der Waals surface area (Å²) < 4.78 is 0. The predicted molar refractivity (Wildman–Crippen MR) is 75.6 cm³/mol. The van der Waals surface area contributed by atoms with E-state index in [1.807, 2.05) is 4.90 Å². The second-order valence-electron chi connectivity index (χ2n) is 5.62. The number of nitrogens with zero attached hydrogens (tertiary/aromatic N) is 2. The van der Waals surface area contributed by atoms with Crippen LogP contribution in [0, 0.1) is 5.92 Å². The Bertz CT molecular complexity index is 255. The highest BCUT2D eigenvalue weighted by atomic mass is 16.2. The van der Waals surface area contributed by atoms with Crippen molar-refractivity contribution in [2.75, 3.05) is 40.3 Å². The van der Waals surface area contributed by atoms with Crippen molar-refractivity contribution in [2.45, 2.75) is 39.2 Å². The largest absolute Gasteiger partial charge is 0.341 e. The lowest BCUT2D eigenvalue weighted by atomic mass is 9.90. The smallest absolute Gasteiger partial charge is 0.227 e. The minimum absolute atomic E-state index is 0.174. The second kappa shape index (κ2) is 7.74. The Kier molecular flexibility index (Phi) is 6.65. The molecule has 1 aliphatic rings. The SMILES string of the molecule is CCCN(CCN(C)C)C(=O)C1CCCNC1C. The van der Waals surface area contributed by atoms with Crippen LogP contribution in [0.25, 0.3) is 0 Å². The van der Waals surface area contributed by atoms with Gasteiger partial charge in [-0.25, -0.2) is 0 Å². The van der Waals surface area contributed by atoms with Gasteiger partial charge < -0.3 is 15.1 Å².